The van der Waals surface area contributed by atoms with Gasteiger partial charge in [-0.1, -0.05) is 81.0 Å². The topological polar surface area (TPSA) is 25.8 Å². The summed E-state index contributed by atoms with van der Waals surface area (Å²) in [5, 5.41) is -3.10. The second kappa shape index (κ2) is 15.3. The molecule has 0 aliphatic heterocycles. The first kappa shape index (κ1) is 32.3. The zero-order chi connectivity index (χ0) is 22.9. The summed E-state index contributed by atoms with van der Waals surface area (Å²) in [6.45, 7) is 0. The van der Waals surface area contributed by atoms with Gasteiger partial charge in [0.2, 0.25) is 0 Å². The van der Waals surface area contributed by atoms with Gasteiger partial charge in [0.15, 0.2) is 14.5 Å². The third kappa shape index (κ3) is 13.1. The molecule has 0 aliphatic carbocycles. The number of alkyl halides is 5. The molecule has 2 heterocycles. The monoisotopic (exact) mass is 696 g/mol. The largest absolute Gasteiger partial charge is 0.348 e. The Kier molecular flexibility index (Phi) is 15.9. The van der Waals surface area contributed by atoms with Gasteiger partial charge in [0.25, 0.3) is 5.13 Å². The first-order valence-electron chi connectivity index (χ1n) is 7.44. The van der Waals surface area contributed by atoms with E-state index < -0.39 is 28.3 Å². The summed E-state index contributed by atoms with van der Waals surface area (Å²) in [7, 11) is 0. The first-order chi connectivity index (χ1) is 13.8. The van der Waals surface area contributed by atoms with Gasteiger partial charge in [-0.05, 0) is 15.9 Å². The molecule has 2 rings (SSSR count). The summed E-state index contributed by atoms with van der Waals surface area (Å²) >= 11 is 22.9. The van der Waals surface area contributed by atoms with Gasteiger partial charge < -0.3 is 0 Å². The van der Waals surface area contributed by atoms with Crippen LogP contribution in [0.1, 0.15) is 12.8 Å². The molecule has 0 saturated carbocycles. The van der Waals surface area contributed by atoms with Crippen molar-refractivity contribution >= 4 is 96.9 Å². The molecule has 1 atom stereocenters. The summed E-state index contributed by atoms with van der Waals surface area (Å²) < 4.78 is 76.2. The summed E-state index contributed by atoms with van der Waals surface area (Å²) in [6.07, 6.45) is -0.130. The molecular formula is C14H10BrCl3F6N2S4Zn. The van der Waals surface area contributed by atoms with E-state index in [0.717, 1.165) is 11.8 Å². The van der Waals surface area contributed by atoms with Crippen LogP contribution < -0.4 is 0 Å². The molecule has 0 N–H and O–H groups in total. The third-order valence-electron chi connectivity index (χ3n) is 2.72. The Morgan fingerprint density at radius 3 is 1.77 bits per heavy atom. The number of aromatic nitrogens is 2. The summed E-state index contributed by atoms with van der Waals surface area (Å²) in [5.74, 6) is -1.04. The Morgan fingerprint density at radius 1 is 0.968 bits per heavy atom. The fraction of sp³-hybridized carbons (Fsp3) is 0.429. The molecule has 0 spiro atoms. The average molecular weight is 700 g/mol. The van der Waals surface area contributed by atoms with Crippen LogP contribution in [-0.2, 0) is 19.5 Å². The normalized spacial score (nSPS) is 13.0. The molecular weight excluding hydrogens is 690 g/mol. The fourth-order valence-corrected chi connectivity index (χ4v) is 6.09. The molecule has 0 radical (unpaired) electrons. The molecule has 2 aromatic rings. The Balaban J connectivity index is 0.000000567. The van der Waals surface area contributed by atoms with Crippen LogP contribution in [0.4, 0.5) is 26.3 Å². The van der Waals surface area contributed by atoms with Crippen LogP contribution in [0.3, 0.4) is 0 Å². The minimum atomic E-state index is -3.75. The van der Waals surface area contributed by atoms with Gasteiger partial charge in [-0.25, -0.2) is 18.7 Å². The quantitative estimate of drug-likeness (QED) is 0.113. The fourth-order valence-electron chi connectivity index (χ4n) is 1.34. The van der Waals surface area contributed by atoms with Gasteiger partial charge in [0.05, 0.1) is 12.4 Å². The predicted molar refractivity (Wildman–Crippen MR) is 119 cm³/mol. The molecule has 172 valence electrons. The SMILES string of the molecule is FC(F)(Br)C(F)(Cl)CCSc1ncc(Cl)s1.FC(F)=C(F)CCSc1ncc(Cl)s1.[Zn]. The number of halogens is 10. The van der Waals surface area contributed by atoms with Crippen LogP contribution in [0, 0.1) is 0 Å². The van der Waals surface area contributed by atoms with Crippen LogP contribution in [0.25, 0.3) is 0 Å². The van der Waals surface area contributed by atoms with Crippen molar-refractivity contribution in [3.8, 4) is 0 Å². The van der Waals surface area contributed by atoms with Gasteiger partial charge in [-0.2, -0.15) is 17.6 Å². The van der Waals surface area contributed by atoms with Crippen LogP contribution in [-0.4, -0.2) is 31.4 Å². The summed E-state index contributed by atoms with van der Waals surface area (Å²) in [6, 6.07) is 0. The van der Waals surface area contributed by atoms with Crippen LogP contribution in [0.5, 0.6) is 0 Å². The molecule has 0 saturated heterocycles. The van der Waals surface area contributed by atoms with Crippen molar-refractivity contribution in [2.24, 2.45) is 0 Å². The Bertz CT molecular complexity index is 833. The summed E-state index contributed by atoms with van der Waals surface area (Å²) in [4.78, 5) is 4.02. The molecule has 1 unspecified atom stereocenters. The molecule has 17 heteroatoms. The van der Waals surface area contributed by atoms with Crippen LogP contribution in [0.2, 0.25) is 8.67 Å². The van der Waals surface area contributed by atoms with Gasteiger partial charge >= 0.3 is 10.9 Å². The molecule has 2 nitrogen and oxygen atoms in total. The maximum atomic E-state index is 13.2. The Labute approximate surface area is 226 Å². The van der Waals surface area contributed by atoms with E-state index in [9.17, 15) is 26.3 Å². The van der Waals surface area contributed by atoms with E-state index >= 15 is 0 Å². The van der Waals surface area contributed by atoms with Gasteiger partial charge in [-0.3, -0.25) is 0 Å². The van der Waals surface area contributed by atoms with Gasteiger partial charge in [0, 0.05) is 43.8 Å². The number of thioether (sulfide) groups is 2. The standard InChI is InChI=1S/C7H5BrCl2F3NS2.C7H5ClF3NS2.Zn/c8-7(12,13)6(10,11)1-2-15-5-14-3-4(9)16-5;8-5-3-12-7(14-5)13-2-1-4(9)6(10)11;/h3H,1-2H2;3H,1-2H2;. The van der Waals surface area contributed by atoms with Gasteiger partial charge in [-0.15, -0.1) is 0 Å². The van der Waals surface area contributed by atoms with E-state index in [1.165, 1.54) is 46.8 Å². The smallest absolute Gasteiger partial charge is 0.237 e. The number of allylic oxidation sites excluding steroid dienone is 1. The molecule has 0 aliphatic rings. The van der Waals surface area contributed by atoms with Crippen LogP contribution >= 0.6 is 96.9 Å². The van der Waals surface area contributed by atoms with Crippen LogP contribution in [0.15, 0.2) is 33.0 Å². The Morgan fingerprint density at radius 2 is 1.42 bits per heavy atom. The van der Waals surface area contributed by atoms with Gasteiger partial charge in [0.1, 0.15) is 8.67 Å². The maximum Gasteiger partial charge on any atom is 0.348 e. The molecule has 0 bridgehead atoms. The Hall–Kier alpha value is 1.25. The number of thiazole rings is 2. The second-order valence-corrected chi connectivity index (χ2v) is 12.5. The molecule has 31 heavy (non-hydrogen) atoms. The second-order valence-electron chi connectivity index (χ2n) is 4.93. The number of hydrogen-bond acceptors (Lipinski definition) is 6. The van der Waals surface area contributed by atoms with E-state index in [0.29, 0.717) is 17.4 Å². The predicted octanol–water partition coefficient (Wildman–Crippen LogP) is 9.52. The minimum absolute atomic E-state index is 0. The van der Waals surface area contributed by atoms with E-state index in [2.05, 4.69) is 9.97 Å². The van der Waals surface area contributed by atoms with Crippen molar-refractivity contribution in [2.45, 2.75) is 31.5 Å². The minimum Gasteiger partial charge on any atom is -0.237 e. The number of rotatable bonds is 9. The zero-order valence-electron chi connectivity index (χ0n) is 15.0. The maximum absolute atomic E-state index is 13.2. The average Bonchev–Trinajstić information content (AvgIpc) is 3.22. The van der Waals surface area contributed by atoms with E-state index in [1.54, 1.807) is 0 Å². The summed E-state index contributed by atoms with van der Waals surface area (Å²) in [5.41, 5.74) is 0. The van der Waals surface area contributed by atoms with Crippen molar-refractivity contribution < 1.29 is 45.8 Å². The molecule has 0 amide bonds. The number of nitrogens with zero attached hydrogens (tertiary/aromatic N) is 2. The zero-order valence-corrected chi connectivity index (χ0v) is 25.1. The third-order valence-corrected chi connectivity index (χ3v) is 8.55. The van der Waals surface area contributed by atoms with Crippen molar-refractivity contribution in [3.05, 3.63) is 33.0 Å². The van der Waals surface area contributed by atoms with Crippen molar-refractivity contribution in [1.82, 2.24) is 9.97 Å². The van der Waals surface area contributed by atoms with Crippen molar-refractivity contribution in [2.75, 3.05) is 11.5 Å². The molecule has 0 fully saturated rings. The molecule has 2 aromatic heterocycles. The number of hydrogen-bond donors (Lipinski definition) is 0. The van der Waals surface area contributed by atoms with E-state index in [-0.39, 0.29) is 37.4 Å². The van der Waals surface area contributed by atoms with Crippen molar-refractivity contribution in [1.29, 1.82) is 0 Å². The van der Waals surface area contributed by atoms with E-state index in [4.69, 9.17) is 34.8 Å². The van der Waals surface area contributed by atoms with E-state index in [1.807, 2.05) is 15.9 Å². The first-order valence-corrected chi connectivity index (χ1v) is 13.0. The van der Waals surface area contributed by atoms with Crippen molar-refractivity contribution in [3.63, 3.8) is 0 Å². The molecule has 0 aromatic carbocycles.